The van der Waals surface area contributed by atoms with Gasteiger partial charge in [0.1, 0.15) is 6.10 Å². The third-order valence-corrected chi connectivity index (χ3v) is 2.58. The van der Waals surface area contributed by atoms with Crippen LogP contribution in [-0.2, 0) is 0 Å². The van der Waals surface area contributed by atoms with E-state index in [1.54, 1.807) is 0 Å². The molecule has 20 heavy (non-hydrogen) atoms. The molecule has 9 heteroatoms. The Morgan fingerprint density at radius 1 is 1.00 bits per heavy atom. The van der Waals surface area contributed by atoms with Gasteiger partial charge in [0.05, 0.1) is 12.0 Å². The van der Waals surface area contributed by atoms with Crippen molar-refractivity contribution in [3.63, 3.8) is 0 Å². The van der Waals surface area contributed by atoms with Crippen molar-refractivity contribution in [2.45, 2.75) is 25.4 Å². The molecule has 2 atom stereocenters. The maximum Gasteiger partial charge on any atom is 0.387 e. The first kappa shape index (κ1) is 16.8. The fraction of sp³-hybridized carbons (Fsp3) is 0.455. The summed E-state index contributed by atoms with van der Waals surface area (Å²) in [6, 6.07) is 2.91. The van der Waals surface area contributed by atoms with Gasteiger partial charge in [-0.05, 0) is 17.7 Å². The lowest BCUT2D eigenvalue weighted by Gasteiger charge is -2.18. The first-order valence-electron chi connectivity index (χ1n) is 5.30. The van der Waals surface area contributed by atoms with E-state index in [-0.39, 0.29) is 11.4 Å². The van der Waals surface area contributed by atoms with Gasteiger partial charge < -0.3 is 19.7 Å². The minimum Gasteiger partial charge on any atom is -0.431 e. The Balaban J connectivity index is 3.06. The monoisotopic (exact) mass is 318 g/mol. The van der Waals surface area contributed by atoms with Gasteiger partial charge in [-0.1, -0.05) is 6.07 Å². The van der Waals surface area contributed by atoms with Crippen molar-refractivity contribution < 1.29 is 37.2 Å². The number of hydrogen-bond donors (Lipinski definition) is 2. The predicted molar refractivity (Wildman–Crippen MR) is 61.4 cm³/mol. The van der Waals surface area contributed by atoms with E-state index in [1.807, 2.05) is 0 Å². The van der Waals surface area contributed by atoms with Crippen LogP contribution in [0.1, 0.15) is 11.7 Å². The summed E-state index contributed by atoms with van der Waals surface area (Å²) in [6.45, 7) is -6.49. The van der Waals surface area contributed by atoms with Gasteiger partial charge in [0.15, 0.2) is 11.5 Å². The van der Waals surface area contributed by atoms with E-state index in [9.17, 15) is 27.8 Å². The van der Waals surface area contributed by atoms with Crippen molar-refractivity contribution in [1.82, 2.24) is 0 Å². The Bertz CT molecular complexity index is 433. The molecule has 114 valence electrons. The van der Waals surface area contributed by atoms with E-state index in [2.05, 4.69) is 9.47 Å². The summed E-state index contributed by atoms with van der Waals surface area (Å²) in [4.78, 5) is 0. The molecule has 0 bridgehead atoms. The van der Waals surface area contributed by atoms with Gasteiger partial charge in [0.25, 0.3) is 0 Å². The van der Waals surface area contributed by atoms with E-state index >= 15 is 0 Å². The minimum absolute atomic E-state index is 0.0320. The summed E-state index contributed by atoms with van der Waals surface area (Å²) in [7, 11) is 0. The quantitative estimate of drug-likeness (QED) is 0.599. The first-order chi connectivity index (χ1) is 9.35. The molecule has 0 aliphatic rings. The molecular formula is C11H11ClF4O4. The van der Waals surface area contributed by atoms with Crippen molar-refractivity contribution in [1.29, 1.82) is 0 Å². The summed E-state index contributed by atoms with van der Waals surface area (Å²) < 4.78 is 56.6. The second-order valence-electron chi connectivity index (χ2n) is 3.63. The molecule has 1 rings (SSSR count). The topological polar surface area (TPSA) is 58.9 Å². The van der Waals surface area contributed by atoms with E-state index in [0.717, 1.165) is 18.2 Å². The Morgan fingerprint density at radius 2 is 1.55 bits per heavy atom. The van der Waals surface area contributed by atoms with E-state index in [1.165, 1.54) is 0 Å². The highest BCUT2D eigenvalue weighted by atomic mass is 35.5. The van der Waals surface area contributed by atoms with Crippen molar-refractivity contribution in [3.05, 3.63) is 23.8 Å². The molecule has 0 radical (unpaired) electrons. The standard InChI is InChI=1S/C11H11ClF4O4/c12-4-6(17)9(18)5-1-2-7(19-10(13)14)8(3-5)20-11(15)16/h1-3,6,9-11,17-18H,4H2. The van der Waals surface area contributed by atoms with Crippen molar-refractivity contribution >= 4 is 11.6 Å². The van der Waals surface area contributed by atoms with Gasteiger partial charge in [-0.25, -0.2) is 0 Å². The fourth-order valence-electron chi connectivity index (χ4n) is 1.40. The van der Waals surface area contributed by atoms with Gasteiger partial charge in [-0.2, -0.15) is 17.6 Å². The number of hydrogen-bond acceptors (Lipinski definition) is 4. The average Bonchev–Trinajstić information content (AvgIpc) is 2.37. The van der Waals surface area contributed by atoms with Crippen LogP contribution in [0.25, 0.3) is 0 Å². The van der Waals surface area contributed by atoms with Crippen LogP contribution in [0.5, 0.6) is 11.5 Å². The average molecular weight is 319 g/mol. The molecular weight excluding hydrogens is 308 g/mol. The van der Waals surface area contributed by atoms with E-state index in [4.69, 9.17) is 11.6 Å². The third kappa shape index (κ3) is 4.69. The molecule has 2 N–H and O–H groups in total. The van der Waals surface area contributed by atoms with E-state index < -0.39 is 36.9 Å². The second kappa shape index (κ2) is 7.51. The van der Waals surface area contributed by atoms with Crippen LogP contribution < -0.4 is 9.47 Å². The van der Waals surface area contributed by atoms with Gasteiger partial charge in [0.2, 0.25) is 0 Å². The molecule has 0 aliphatic heterocycles. The number of ether oxygens (including phenoxy) is 2. The summed E-state index contributed by atoms with van der Waals surface area (Å²) in [6.07, 6.45) is -2.83. The predicted octanol–water partition coefficient (Wildman–Crippen LogP) is 2.52. The number of aliphatic hydroxyl groups excluding tert-OH is 2. The molecule has 4 nitrogen and oxygen atoms in total. The van der Waals surface area contributed by atoms with Gasteiger partial charge in [0, 0.05) is 0 Å². The largest absolute Gasteiger partial charge is 0.431 e. The van der Waals surface area contributed by atoms with Crippen LogP contribution in [0, 0.1) is 0 Å². The molecule has 1 aromatic rings. The Labute approximate surface area is 116 Å². The molecule has 0 fully saturated rings. The third-order valence-electron chi connectivity index (χ3n) is 2.26. The summed E-state index contributed by atoms with van der Waals surface area (Å²) in [5.74, 6) is -1.60. The zero-order chi connectivity index (χ0) is 15.3. The Kier molecular flexibility index (Phi) is 6.31. The van der Waals surface area contributed by atoms with Crippen LogP contribution in [-0.4, -0.2) is 35.4 Å². The maximum atomic E-state index is 12.2. The van der Waals surface area contributed by atoms with Gasteiger partial charge in [-0.3, -0.25) is 0 Å². The van der Waals surface area contributed by atoms with Crippen molar-refractivity contribution in [3.8, 4) is 11.5 Å². The molecule has 0 heterocycles. The van der Waals surface area contributed by atoms with Crippen molar-refractivity contribution in [2.75, 3.05) is 5.88 Å². The lowest BCUT2D eigenvalue weighted by Crippen LogP contribution is -2.20. The molecule has 0 saturated carbocycles. The highest BCUT2D eigenvalue weighted by Gasteiger charge is 2.21. The summed E-state index contributed by atoms with van der Waals surface area (Å²) in [5, 5.41) is 19.0. The number of alkyl halides is 5. The first-order valence-corrected chi connectivity index (χ1v) is 5.84. The minimum atomic E-state index is -3.26. The lowest BCUT2D eigenvalue weighted by atomic mass is 10.0. The highest BCUT2D eigenvalue weighted by molar-refractivity contribution is 6.18. The van der Waals surface area contributed by atoms with Crippen LogP contribution in [0.15, 0.2) is 18.2 Å². The summed E-state index contributed by atoms with van der Waals surface area (Å²) >= 11 is 5.34. The van der Waals surface area contributed by atoms with E-state index in [0.29, 0.717) is 0 Å². The number of halogens is 5. The lowest BCUT2D eigenvalue weighted by molar-refractivity contribution is -0.0694. The maximum absolute atomic E-state index is 12.2. The molecule has 1 aromatic carbocycles. The van der Waals surface area contributed by atoms with Crippen molar-refractivity contribution in [2.24, 2.45) is 0 Å². The second-order valence-corrected chi connectivity index (χ2v) is 3.94. The number of rotatable bonds is 7. The van der Waals surface area contributed by atoms with Crippen LogP contribution in [0.2, 0.25) is 0 Å². The normalized spacial score (nSPS) is 14.4. The fourth-order valence-corrected chi connectivity index (χ4v) is 1.57. The molecule has 0 spiro atoms. The van der Waals surface area contributed by atoms with Gasteiger partial charge >= 0.3 is 13.2 Å². The number of aliphatic hydroxyl groups is 2. The SMILES string of the molecule is OC(CCl)C(O)c1ccc(OC(F)F)c(OC(F)F)c1. The smallest absolute Gasteiger partial charge is 0.387 e. The summed E-state index contributed by atoms with van der Waals surface area (Å²) in [5.41, 5.74) is -0.0320. The Hall–Kier alpha value is -1.25. The zero-order valence-electron chi connectivity index (χ0n) is 9.85. The molecule has 0 saturated heterocycles. The molecule has 2 unspecified atom stereocenters. The van der Waals surface area contributed by atoms with Crippen LogP contribution in [0.4, 0.5) is 17.6 Å². The Morgan fingerprint density at radius 3 is 2.05 bits per heavy atom. The van der Waals surface area contributed by atoms with Crippen LogP contribution >= 0.6 is 11.6 Å². The molecule has 0 amide bonds. The molecule has 0 aliphatic carbocycles. The van der Waals surface area contributed by atoms with Gasteiger partial charge in [-0.15, -0.1) is 11.6 Å². The molecule has 0 aromatic heterocycles. The van der Waals surface area contributed by atoms with Crippen LogP contribution in [0.3, 0.4) is 0 Å². The zero-order valence-corrected chi connectivity index (χ0v) is 10.6. The highest BCUT2D eigenvalue weighted by Crippen LogP contribution is 2.33. The number of benzene rings is 1.